The molecular formula is C56H42Au2N2-2. The summed E-state index contributed by atoms with van der Waals surface area (Å²) in [6.07, 6.45) is 16.3. The molecule has 2 nitrogen and oxygen atoms in total. The van der Waals surface area contributed by atoms with E-state index in [0.717, 1.165) is 37.1 Å². The molecule has 8 aromatic rings. The molecule has 0 N–H and O–H groups in total. The number of para-hydroxylation sites is 4. The van der Waals surface area contributed by atoms with Crippen molar-refractivity contribution < 1.29 is 44.8 Å². The Morgan fingerprint density at radius 2 is 0.617 bits per heavy atom. The van der Waals surface area contributed by atoms with Crippen LogP contribution in [0.2, 0.25) is 0 Å². The van der Waals surface area contributed by atoms with Gasteiger partial charge in [-0.2, -0.15) is 0 Å². The van der Waals surface area contributed by atoms with Gasteiger partial charge in [0.1, 0.15) is 0 Å². The summed E-state index contributed by atoms with van der Waals surface area (Å²) in [5, 5.41) is 0. The number of nitrogens with zero attached hydrogens (tertiary/aromatic N) is 2. The Kier molecular flexibility index (Phi) is 15.4. The van der Waals surface area contributed by atoms with Crippen LogP contribution in [0.1, 0.15) is 33.4 Å². The van der Waals surface area contributed by atoms with Crippen LogP contribution in [0, 0.1) is 24.7 Å². The van der Waals surface area contributed by atoms with Crippen LogP contribution in [-0.2, 0) is 57.6 Å². The molecule has 0 unspecified atom stereocenters. The van der Waals surface area contributed by atoms with Crippen LogP contribution < -0.4 is 9.80 Å². The quantitative estimate of drug-likeness (QED) is 0.0891. The van der Waals surface area contributed by atoms with E-state index in [1.54, 1.807) is 0 Å². The standard InChI is InChI=1S/C26H24N2.2C15H9.2Au/c1-5-13-23(14-6-1)27(24-15-7-2-8-16-24)21-22-28(25-17-9-3-10-18-25)26-19-11-4-12-20-26;2*1-2-11-7-8-13-10-12-5-3-4-6-14(12)15(13)9-11;;/h1-20H,21-22H2;2*3-9H,10H2;;/q;2*-1;;. The summed E-state index contributed by atoms with van der Waals surface area (Å²) in [6, 6.07) is 71.5. The summed E-state index contributed by atoms with van der Waals surface area (Å²) in [6.45, 7) is 1.75. The molecule has 2 radical (unpaired) electrons. The van der Waals surface area contributed by atoms with E-state index in [1.807, 2.05) is 24.3 Å². The van der Waals surface area contributed by atoms with Gasteiger partial charge in [0.05, 0.1) is 0 Å². The smallest absolute Gasteiger partial charge is 0.0411 e. The van der Waals surface area contributed by atoms with Crippen LogP contribution in [0.25, 0.3) is 22.3 Å². The van der Waals surface area contributed by atoms with E-state index in [-0.39, 0.29) is 44.8 Å². The van der Waals surface area contributed by atoms with Crippen molar-refractivity contribution in [3.63, 3.8) is 0 Å². The molecule has 0 aliphatic heterocycles. The Hall–Kier alpha value is -6.04. The molecule has 8 aromatic carbocycles. The van der Waals surface area contributed by atoms with Gasteiger partial charge in [-0.25, -0.2) is 0 Å². The van der Waals surface area contributed by atoms with Gasteiger partial charge < -0.3 is 22.6 Å². The van der Waals surface area contributed by atoms with Crippen molar-refractivity contribution in [2.75, 3.05) is 22.9 Å². The fourth-order valence-corrected chi connectivity index (χ4v) is 7.85. The van der Waals surface area contributed by atoms with Crippen molar-refractivity contribution in [3.05, 3.63) is 252 Å². The molecule has 2 aliphatic rings. The molecule has 0 atom stereocenters. The number of hydrogen-bond acceptors (Lipinski definition) is 2. The van der Waals surface area contributed by atoms with Crippen molar-refractivity contribution in [3.8, 4) is 34.1 Å². The van der Waals surface area contributed by atoms with Crippen LogP contribution >= 0.6 is 0 Å². The molecule has 4 heteroatoms. The molecule has 0 fully saturated rings. The first kappa shape index (κ1) is 43.5. The summed E-state index contributed by atoms with van der Waals surface area (Å²) in [5.41, 5.74) is 17.2. The number of benzene rings is 8. The first-order valence-electron chi connectivity index (χ1n) is 19.7. The first-order chi connectivity index (χ1) is 28.7. The maximum Gasteiger partial charge on any atom is 0.0411 e. The van der Waals surface area contributed by atoms with Crippen molar-refractivity contribution in [1.29, 1.82) is 0 Å². The van der Waals surface area contributed by atoms with Gasteiger partial charge in [0.25, 0.3) is 0 Å². The van der Waals surface area contributed by atoms with Crippen molar-refractivity contribution in [2.45, 2.75) is 12.8 Å². The molecule has 10 rings (SSSR count). The third kappa shape index (κ3) is 10.2. The summed E-state index contributed by atoms with van der Waals surface area (Å²) in [4.78, 5) is 4.75. The van der Waals surface area contributed by atoms with Crippen LogP contribution in [0.5, 0.6) is 0 Å². The third-order valence-corrected chi connectivity index (χ3v) is 10.7. The predicted octanol–water partition coefficient (Wildman–Crippen LogP) is 13.0. The zero-order valence-electron chi connectivity index (χ0n) is 33.0. The molecule has 2 aliphatic carbocycles. The van der Waals surface area contributed by atoms with Crippen LogP contribution in [0.15, 0.2) is 206 Å². The zero-order chi connectivity index (χ0) is 39.5. The normalized spacial score (nSPS) is 10.7. The van der Waals surface area contributed by atoms with E-state index >= 15 is 0 Å². The van der Waals surface area contributed by atoms with Gasteiger partial charge >= 0.3 is 0 Å². The van der Waals surface area contributed by atoms with E-state index in [1.165, 1.54) is 67.3 Å². The summed E-state index contributed by atoms with van der Waals surface area (Å²) in [7, 11) is 0. The topological polar surface area (TPSA) is 6.48 Å². The Morgan fingerprint density at radius 3 is 0.933 bits per heavy atom. The average Bonchev–Trinajstić information content (AvgIpc) is 3.87. The first-order valence-corrected chi connectivity index (χ1v) is 19.7. The van der Waals surface area contributed by atoms with Crippen LogP contribution in [0.3, 0.4) is 0 Å². The Bertz CT molecular complexity index is 2430. The van der Waals surface area contributed by atoms with Gasteiger partial charge in [0.15, 0.2) is 0 Å². The molecular weight excluding hydrogens is 1090 g/mol. The number of hydrogen-bond donors (Lipinski definition) is 0. The largest absolute Gasteiger partial charge is 0.366 e. The SMILES string of the molecule is [Au].[Au].[C-]#Cc1ccc2c(c1)-c1ccccc1C2.[C-]#Cc1ccc2c(c1)-c1ccccc1C2.c1ccc(N(CCN(c2ccccc2)c2ccccc2)c2ccccc2)cc1. The van der Waals surface area contributed by atoms with Crippen LogP contribution in [0.4, 0.5) is 22.7 Å². The third-order valence-electron chi connectivity index (χ3n) is 10.7. The summed E-state index contributed by atoms with van der Waals surface area (Å²) < 4.78 is 0. The number of rotatable bonds is 7. The Morgan fingerprint density at radius 1 is 0.333 bits per heavy atom. The molecule has 60 heavy (non-hydrogen) atoms. The van der Waals surface area contributed by atoms with E-state index < -0.39 is 0 Å². The van der Waals surface area contributed by atoms with Gasteiger partial charge in [0.2, 0.25) is 0 Å². The molecule has 0 amide bonds. The van der Waals surface area contributed by atoms with Gasteiger partial charge in [0, 0.05) is 80.6 Å². The molecule has 300 valence electrons. The molecule has 0 aromatic heterocycles. The maximum atomic E-state index is 7.14. The zero-order valence-corrected chi connectivity index (χ0v) is 37.3. The second-order valence-electron chi connectivity index (χ2n) is 14.3. The van der Waals surface area contributed by atoms with E-state index in [0.29, 0.717) is 0 Å². The second kappa shape index (κ2) is 21.3. The van der Waals surface area contributed by atoms with E-state index in [9.17, 15) is 0 Å². The van der Waals surface area contributed by atoms with E-state index in [2.05, 4.69) is 204 Å². The van der Waals surface area contributed by atoms with Gasteiger partial charge in [-0.15, -0.1) is 35.4 Å². The Balaban J connectivity index is 0.000000160. The van der Waals surface area contributed by atoms with Gasteiger partial charge in [-0.05, 0) is 106 Å². The maximum absolute atomic E-state index is 7.14. The predicted molar refractivity (Wildman–Crippen MR) is 242 cm³/mol. The summed E-state index contributed by atoms with van der Waals surface area (Å²) in [5.74, 6) is 4.87. The van der Waals surface area contributed by atoms with Crippen LogP contribution in [-0.4, -0.2) is 13.1 Å². The molecule has 0 bridgehead atoms. The molecule has 0 spiro atoms. The minimum absolute atomic E-state index is 0. The van der Waals surface area contributed by atoms with Crippen molar-refractivity contribution in [1.82, 2.24) is 0 Å². The van der Waals surface area contributed by atoms with Crippen molar-refractivity contribution in [2.24, 2.45) is 0 Å². The molecule has 0 saturated heterocycles. The average molecular weight is 1140 g/mol. The summed E-state index contributed by atoms with van der Waals surface area (Å²) >= 11 is 0. The monoisotopic (exact) mass is 1140 g/mol. The minimum Gasteiger partial charge on any atom is -0.366 e. The van der Waals surface area contributed by atoms with E-state index in [4.69, 9.17) is 12.8 Å². The second-order valence-corrected chi connectivity index (χ2v) is 14.3. The minimum atomic E-state index is 0. The Labute approximate surface area is 387 Å². The van der Waals surface area contributed by atoms with Gasteiger partial charge in [-0.3, -0.25) is 11.8 Å². The van der Waals surface area contributed by atoms with Crippen molar-refractivity contribution >= 4 is 22.7 Å². The van der Waals surface area contributed by atoms with Gasteiger partial charge in [-0.1, -0.05) is 133 Å². The number of fused-ring (bicyclic) bond motifs is 6. The fourth-order valence-electron chi connectivity index (χ4n) is 7.85. The fraction of sp³-hybridized carbons (Fsp3) is 0.0714. The molecule has 0 heterocycles. The molecule has 0 saturated carbocycles. The number of anilines is 4.